The lowest BCUT2D eigenvalue weighted by molar-refractivity contribution is 0.0687. The molecule has 0 fully saturated rings. The van der Waals surface area contributed by atoms with Crippen LogP contribution in [-0.2, 0) is 0 Å². The third kappa shape index (κ3) is 3.20. The largest absolute Gasteiger partial charge is 0.399 e. The van der Waals surface area contributed by atoms with Crippen LogP contribution in [0.2, 0.25) is 0 Å². The SMILES string of the molecule is CCCCN(C(=O)c1c[nH]c2cc(N)ccc12)C(C)CC. The van der Waals surface area contributed by atoms with Gasteiger partial charge in [-0.1, -0.05) is 20.3 Å². The minimum Gasteiger partial charge on any atom is -0.399 e. The minimum atomic E-state index is 0.105. The van der Waals surface area contributed by atoms with Crippen LogP contribution in [0.5, 0.6) is 0 Å². The maximum Gasteiger partial charge on any atom is 0.256 e. The number of fused-ring (bicyclic) bond motifs is 1. The van der Waals surface area contributed by atoms with Gasteiger partial charge in [0, 0.05) is 35.4 Å². The second-order valence-electron chi connectivity index (χ2n) is 5.62. The summed E-state index contributed by atoms with van der Waals surface area (Å²) < 4.78 is 0. The van der Waals surface area contributed by atoms with Crippen molar-refractivity contribution in [1.82, 2.24) is 9.88 Å². The van der Waals surface area contributed by atoms with Crippen LogP contribution >= 0.6 is 0 Å². The predicted octanol–water partition coefficient (Wildman–Crippen LogP) is 3.79. The Labute approximate surface area is 126 Å². The van der Waals surface area contributed by atoms with Gasteiger partial charge in [-0.3, -0.25) is 4.79 Å². The van der Waals surface area contributed by atoms with Crippen molar-refractivity contribution in [2.75, 3.05) is 12.3 Å². The molecule has 1 amide bonds. The Hall–Kier alpha value is -1.97. The number of rotatable bonds is 6. The van der Waals surface area contributed by atoms with E-state index < -0.39 is 0 Å². The third-order valence-electron chi connectivity index (χ3n) is 4.07. The number of nitrogens with zero attached hydrogens (tertiary/aromatic N) is 1. The van der Waals surface area contributed by atoms with Crippen LogP contribution in [0, 0.1) is 0 Å². The van der Waals surface area contributed by atoms with E-state index in [1.807, 2.05) is 23.1 Å². The van der Waals surface area contributed by atoms with Gasteiger partial charge < -0.3 is 15.6 Å². The zero-order valence-corrected chi connectivity index (χ0v) is 13.1. The number of nitrogen functional groups attached to an aromatic ring is 1. The van der Waals surface area contributed by atoms with Crippen molar-refractivity contribution in [2.45, 2.75) is 46.1 Å². The Bertz CT molecular complexity index is 618. The van der Waals surface area contributed by atoms with E-state index in [0.717, 1.165) is 42.3 Å². The van der Waals surface area contributed by atoms with Crippen LogP contribution in [-0.4, -0.2) is 28.4 Å². The van der Waals surface area contributed by atoms with Crippen molar-refractivity contribution in [3.8, 4) is 0 Å². The highest BCUT2D eigenvalue weighted by Crippen LogP contribution is 2.23. The summed E-state index contributed by atoms with van der Waals surface area (Å²) >= 11 is 0. The fourth-order valence-electron chi connectivity index (χ4n) is 2.55. The van der Waals surface area contributed by atoms with E-state index in [0.29, 0.717) is 5.69 Å². The standard InChI is InChI=1S/C17H25N3O/c1-4-6-9-20(12(3)5-2)17(21)15-11-19-16-10-13(18)7-8-14(15)16/h7-8,10-12,19H,4-6,9,18H2,1-3H3. The van der Waals surface area contributed by atoms with Crippen molar-refractivity contribution < 1.29 is 4.79 Å². The van der Waals surface area contributed by atoms with Crippen LogP contribution in [0.4, 0.5) is 5.69 Å². The van der Waals surface area contributed by atoms with Crippen molar-refractivity contribution >= 4 is 22.5 Å². The average molecular weight is 287 g/mol. The second-order valence-corrected chi connectivity index (χ2v) is 5.62. The summed E-state index contributed by atoms with van der Waals surface area (Å²) in [5.41, 5.74) is 8.14. The number of nitrogens with two attached hydrogens (primary N) is 1. The molecule has 0 aliphatic heterocycles. The van der Waals surface area contributed by atoms with Crippen LogP contribution in [0.3, 0.4) is 0 Å². The molecule has 3 N–H and O–H groups in total. The Kier molecular flexibility index (Phi) is 4.89. The third-order valence-corrected chi connectivity index (χ3v) is 4.07. The number of carbonyl (C=O) groups is 1. The minimum absolute atomic E-state index is 0.105. The lowest BCUT2D eigenvalue weighted by atomic mass is 10.1. The number of aromatic nitrogens is 1. The highest BCUT2D eigenvalue weighted by molar-refractivity contribution is 6.07. The number of nitrogens with one attached hydrogen (secondary N) is 1. The molecule has 1 atom stereocenters. The first-order valence-corrected chi connectivity index (χ1v) is 7.76. The predicted molar refractivity (Wildman–Crippen MR) is 88.4 cm³/mol. The fourth-order valence-corrected chi connectivity index (χ4v) is 2.55. The van der Waals surface area contributed by atoms with Gasteiger partial charge in [0.15, 0.2) is 0 Å². The van der Waals surface area contributed by atoms with E-state index in [9.17, 15) is 4.79 Å². The number of benzene rings is 1. The van der Waals surface area contributed by atoms with Gasteiger partial charge in [0.25, 0.3) is 5.91 Å². The molecule has 0 aliphatic rings. The summed E-state index contributed by atoms with van der Waals surface area (Å²) in [4.78, 5) is 18.0. The molecule has 1 unspecified atom stereocenters. The highest BCUT2D eigenvalue weighted by Gasteiger charge is 2.22. The number of anilines is 1. The molecule has 1 heterocycles. The summed E-state index contributed by atoms with van der Waals surface area (Å²) in [5, 5.41) is 0.944. The maximum atomic E-state index is 12.9. The molecule has 0 saturated carbocycles. The van der Waals surface area contributed by atoms with Crippen LogP contribution < -0.4 is 5.73 Å². The van der Waals surface area contributed by atoms with Crippen molar-refractivity contribution in [2.24, 2.45) is 0 Å². The summed E-state index contributed by atoms with van der Waals surface area (Å²) in [6.07, 6.45) is 4.88. The molecule has 114 valence electrons. The smallest absolute Gasteiger partial charge is 0.256 e. The lowest BCUT2D eigenvalue weighted by Gasteiger charge is -2.28. The van der Waals surface area contributed by atoms with E-state index in [1.165, 1.54) is 0 Å². The average Bonchev–Trinajstić information content (AvgIpc) is 2.89. The molecule has 2 aromatic rings. The molecule has 0 radical (unpaired) electrons. The molecule has 0 spiro atoms. The Morgan fingerprint density at radius 1 is 1.38 bits per heavy atom. The van der Waals surface area contributed by atoms with Crippen molar-refractivity contribution in [3.05, 3.63) is 30.0 Å². The molecule has 0 bridgehead atoms. The molecule has 21 heavy (non-hydrogen) atoms. The van der Waals surface area contributed by atoms with Gasteiger partial charge in [-0.15, -0.1) is 0 Å². The Balaban J connectivity index is 2.33. The Morgan fingerprint density at radius 3 is 2.81 bits per heavy atom. The molecule has 4 heteroatoms. The fraction of sp³-hybridized carbons (Fsp3) is 0.471. The number of carbonyl (C=O) groups excluding carboxylic acids is 1. The lowest BCUT2D eigenvalue weighted by Crippen LogP contribution is -2.39. The van der Waals surface area contributed by atoms with Gasteiger partial charge in [0.05, 0.1) is 5.56 Å². The summed E-state index contributed by atoms with van der Waals surface area (Å²) in [7, 11) is 0. The van der Waals surface area contributed by atoms with Crippen LogP contribution in [0.15, 0.2) is 24.4 Å². The topological polar surface area (TPSA) is 62.1 Å². The van der Waals surface area contributed by atoms with E-state index >= 15 is 0 Å². The first-order valence-electron chi connectivity index (χ1n) is 7.76. The molecule has 4 nitrogen and oxygen atoms in total. The summed E-state index contributed by atoms with van der Waals surface area (Å²) in [6.45, 7) is 7.19. The molecule has 0 saturated heterocycles. The Morgan fingerprint density at radius 2 is 2.14 bits per heavy atom. The van der Waals surface area contributed by atoms with Gasteiger partial charge in [0.1, 0.15) is 0 Å². The van der Waals surface area contributed by atoms with Gasteiger partial charge >= 0.3 is 0 Å². The van der Waals surface area contributed by atoms with E-state index in [4.69, 9.17) is 5.73 Å². The number of unbranched alkanes of at least 4 members (excludes halogenated alkanes) is 1. The monoisotopic (exact) mass is 287 g/mol. The zero-order valence-electron chi connectivity index (χ0n) is 13.1. The first-order chi connectivity index (χ1) is 10.1. The number of hydrogen-bond acceptors (Lipinski definition) is 2. The first kappa shape index (κ1) is 15.4. The number of H-pyrrole nitrogens is 1. The zero-order chi connectivity index (χ0) is 15.4. The number of amides is 1. The normalized spacial score (nSPS) is 12.5. The molecular formula is C17H25N3O. The van der Waals surface area contributed by atoms with Gasteiger partial charge in [-0.2, -0.15) is 0 Å². The van der Waals surface area contributed by atoms with E-state index in [-0.39, 0.29) is 11.9 Å². The van der Waals surface area contributed by atoms with Gasteiger partial charge in [0.2, 0.25) is 0 Å². The van der Waals surface area contributed by atoms with E-state index in [2.05, 4.69) is 25.8 Å². The van der Waals surface area contributed by atoms with Gasteiger partial charge in [-0.05, 0) is 38.0 Å². The number of aromatic amines is 1. The highest BCUT2D eigenvalue weighted by atomic mass is 16.2. The maximum absolute atomic E-state index is 12.9. The number of hydrogen-bond donors (Lipinski definition) is 2. The second kappa shape index (κ2) is 6.66. The van der Waals surface area contributed by atoms with Crippen molar-refractivity contribution in [3.63, 3.8) is 0 Å². The molecule has 1 aromatic heterocycles. The summed E-state index contributed by atoms with van der Waals surface area (Å²) in [6, 6.07) is 5.88. The molecular weight excluding hydrogens is 262 g/mol. The molecule has 1 aromatic carbocycles. The van der Waals surface area contributed by atoms with Crippen molar-refractivity contribution in [1.29, 1.82) is 0 Å². The molecule has 0 aliphatic carbocycles. The van der Waals surface area contributed by atoms with Crippen LogP contribution in [0.25, 0.3) is 10.9 Å². The van der Waals surface area contributed by atoms with Gasteiger partial charge in [-0.25, -0.2) is 0 Å². The summed E-state index contributed by atoms with van der Waals surface area (Å²) in [5.74, 6) is 0.105. The molecule has 2 rings (SSSR count). The quantitative estimate of drug-likeness (QED) is 0.794. The van der Waals surface area contributed by atoms with E-state index in [1.54, 1.807) is 6.20 Å². The van der Waals surface area contributed by atoms with Crippen LogP contribution in [0.1, 0.15) is 50.4 Å².